The SMILES string of the molecule is CCC(C)(NC(=O)[C@@H]1OCC[C@@H]1CNC(=O)OCC1c2ccccc2-c2ccccc21)C(=O)O. The number of benzene rings is 2. The molecule has 1 aliphatic heterocycles. The number of carbonyl (C=O) groups excluding carboxylic acids is 2. The van der Waals surface area contributed by atoms with E-state index >= 15 is 0 Å². The Morgan fingerprint density at radius 2 is 1.71 bits per heavy atom. The van der Waals surface area contributed by atoms with Gasteiger partial charge in [-0.1, -0.05) is 55.5 Å². The van der Waals surface area contributed by atoms with Gasteiger partial charge in [0.05, 0.1) is 0 Å². The van der Waals surface area contributed by atoms with Gasteiger partial charge < -0.3 is 25.2 Å². The van der Waals surface area contributed by atoms with Crippen LogP contribution in [0.2, 0.25) is 0 Å². The smallest absolute Gasteiger partial charge is 0.407 e. The molecular formula is C26H30N2O6. The molecule has 8 heteroatoms. The molecule has 0 saturated carbocycles. The summed E-state index contributed by atoms with van der Waals surface area (Å²) in [5, 5.41) is 14.7. The second-order valence-electron chi connectivity index (χ2n) is 9.03. The number of rotatable bonds is 8. The molecule has 3 atom stereocenters. The molecule has 2 aliphatic rings. The first-order valence-electron chi connectivity index (χ1n) is 11.6. The van der Waals surface area contributed by atoms with Crippen LogP contribution in [0.15, 0.2) is 48.5 Å². The summed E-state index contributed by atoms with van der Waals surface area (Å²) in [6.45, 7) is 3.93. The highest BCUT2D eigenvalue weighted by molar-refractivity contribution is 5.89. The van der Waals surface area contributed by atoms with Gasteiger partial charge in [-0.3, -0.25) is 4.79 Å². The van der Waals surface area contributed by atoms with Crippen molar-refractivity contribution < 1.29 is 29.0 Å². The van der Waals surface area contributed by atoms with E-state index < -0.39 is 29.6 Å². The van der Waals surface area contributed by atoms with E-state index in [-0.39, 0.29) is 31.4 Å². The Balaban J connectivity index is 1.32. The summed E-state index contributed by atoms with van der Waals surface area (Å²) in [4.78, 5) is 36.6. The Morgan fingerprint density at radius 1 is 1.09 bits per heavy atom. The maximum atomic E-state index is 12.7. The van der Waals surface area contributed by atoms with Crippen LogP contribution < -0.4 is 10.6 Å². The first kappa shape index (κ1) is 23.8. The van der Waals surface area contributed by atoms with Gasteiger partial charge in [0, 0.05) is 25.0 Å². The highest BCUT2D eigenvalue weighted by Gasteiger charge is 2.40. The van der Waals surface area contributed by atoms with Crippen molar-refractivity contribution in [1.82, 2.24) is 10.6 Å². The van der Waals surface area contributed by atoms with Crippen molar-refractivity contribution in [2.45, 2.75) is 44.2 Å². The van der Waals surface area contributed by atoms with E-state index in [4.69, 9.17) is 9.47 Å². The first-order valence-corrected chi connectivity index (χ1v) is 11.6. The number of hydrogen-bond donors (Lipinski definition) is 3. The fourth-order valence-corrected chi connectivity index (χ4v) is 4.63. The summed E-state index contributed by atoms with van der Waals surface area (Å²) < 4.78 is 11.1. The Labute approximate surface area is 198 Å². The fourth-order valence-electron chi connectivity index (χ4n) is 4.63. The van der Waals surface area contributed by atoms with Gasteiger partial charge in [-0.25, -0.2) is 9.59 Å². The van der Waals surface area contributed by atoms with Crippen LogP contribution in [-0.4, -0.2) is 54.5 Å². The number of amides is 2. The van der Waals surface area contributed by atoms with Crippen LogP contribution in [0.5, 0.6) is 0 Å². The molecule has 180 valence electrons. The summed E-state index contributed by atoms with van der Waals surface area (Å²) in [6.07, 6.45) is -0.558. The van der Waals surface area contributed by atoms with Crippen molar-refractivity contribution >= 4 is 18.0 Å². The maximum absolute atomic E-state index is 12.7. The molecule has 1 saturated heterocycles. The Kier molecular flexibility index (Phi) is 6.88. The molecule has 0 aromatic heterocycles. The molecule has 0 bridgehead atoms. The minimum Gasteiger partial charge on any atom is -0.480 e. The Hall–Kier alpha value is -3.39. The highest BCUT2D eigenvalue weighted by Crippen LogP contribution is 2.44. The molecule has 1 fully saturated rings. The highest BCUT2D eigenvalue weighted by atomic mass is 16.5. The van der Waals surface area contributed by atoms with Gasteiger partial charge in [0.2, 0.25) is 5.91 Å². The van der Waals surface area contributed by atoms with Crippen LogP contribution in [0, 0.1) is 5.92 Å². The van der Waals surface area contributed by atoms with Crippen molar-refractivity contribution in [1.29, 1.82) is 0 Å². The van der Waals surface area contributed by atoms with Gasteiger partial charge in [-0.05, 0) is 42.0 Å². The lowest BCUT2D eigenvalue weighted by Crippen LogP contribution is -2.55. The van der Waals surface area contributed by atoms with E-state index in [1.807, 2.05) is 24.3 Å². The van der Waals surface area contributed by atoms with E-state index in [2.05, 4.69) is 34.9 Å². The molecule has 1 heterocycles. The quantitative estimate of drug-likeness (QED) is 0.550. The van der Waals surface area contributed by atoms with Crippen LogP contribution >= 0.6 is 0 Å². The van der Waals surface area contributed by atoms with Crippen LogP contribution in [0.1, 0.15) is 43.7 Å². The summed E-state index contributed by atoms with van der Waals surface area (Å²) in [6, 6.07) is 16.2. The Bertz CT molecular complexity index is 1040. The topological polar surface area (TPSA) is 114 Å². The van der Waals surface area contributed by atoms with Crippen molar-refractivity contribution in [3.8, 4) is 11.1 Å². The average Bonchev–Trinajstić information content (AvgIpc) is 3.44. The molecule has 2 aromatic rings. The lowest BCUT2D eigenvalue weighted by atomic mass is 9.96. The van der Waals surface area contributed by atoms with Crippen molar-refractivity contribution in [3.05, 3.63) is 59.7 Å². The zero-order valence-corrected chi connectivity index (χ0v) is 19.4. The molecule has 0 spiro atoms. The number of nitrogens with one attached hydrogen (secondary N) is 2. The van der Waals surface area contributed by atoms with Gasteiger partial charge in [-0.2, -0.15) is 0 Å². The monoisotopic (exact) mass is 466 g/mol. The predicted octanol–water partition coefficient (Wildman–Crippen LogP) is 3.30. The maximum Gasteiger partial charge on any atom is 0.407 e. The first-order chi connectivity index (χ1) is 16.3. The number of ether oxygens (including phenoxy) is 2. The lowest BCUT2D eigenvalue weighted by molar-refractivity contribution is -0.149. The van der Waals surface area contributed by atoms with Crippen molar-refractivity contribution in [2.24, 2.45) is 5.92 Å². The molecule has 1 aliphatic carbocycles. The summed E-state index contributed by atoms with van der Waals surface area (Å²) in [7, 11) is 0. The van der Waals surface area contributed by atoms with Gasteiger partial charge >= 0.3 is 12.1 Å². The van der Waals surface area contributed by atoms with Crippen LogP contribution in [0.3, 0.4) is 0 Å². The number of carboxylic acid groups (broad SMARTS) is 1. The third-order valence-electron chi connectivity index (χ3n) is 6.90. The number of carboxylic acids is 1. The standard InChI is InChI=1S/C26H30N2O6/c1-3-26(2,24(30)31)28-23(29)22-16(12-13-33-22)14-27-25(32)34-15-21-19-10-6-4-8-17(19)18-9-5-7-11-20(18)21/h4-11,16,21-22H,3,12-15H2,1-2H3,(H,27,32)(H,28,29)(H,30,31)/t16-,22-,26?/m1/s1. The molecule has 2 amide bonds. The molecule has 4 rings (SSSR count). The number of hydrogen-bond acceptors (Lipinski definition) is 5. The summed E-state index contributed by atoms with van der Waals surface area (Å²) in [5.74, 6) is -1.89. The van der Waals surface area contributed by atoms with Gasteiger partial charge in [-0.15, -0.1) is 0 Å². The van der Waals surface area contributed by atoms with E-state index in [1.54, 1.807) is 6.92 Å². The molecule has 3 N–H and O–H groups in total. The van der Waals surface area contributed by atoms with Crippen LogP contribution in [0.25, 0.3) is 11.1 Å². The molecule has 0 radical (unpaired) electrons. The number of fused-ring (bicyclic) bond motifs is 3. The second-order valence-corrected chi connectivity index (χ2v) is 9.03. The summed E-state index contributed by atoms with van der Waals surface area (Å²) in [5.41, 5.74) is 3.21. The largest absolute Gasteiger partial charge is 0.480 e. The minimum absolute atomic E-state index is 0.0331. The second kappa shape index (κ2) is 9.85. The van der Waals surface area contributed by atoms with E-state index in [0.29, 0.717) is 13.0 Å². The molecule has 34 heavy (non-hydrogen) atoms. The van der Waals surface area contributed by atoms with Crippen LogP contribution in [0.4, 0.5) is 4.79 Å². The minimum atomic E-state index is -1.37. The van der Waals surface area contributed by atoms with Gasteiger partial charge in [0.1, 0.15) is 18.2 Å². The normalized spacial score (nSPS) is 20.6. The van der Waals surface area contributed by atoms with Gasteiger partial charge in [0.15, 0.2) is 0 Å². The zero-order valence-electron chi connectivity index (χ0n) is 19.4. The molecular weight excluding hydrogens is 436 g/mol. The van der Waals surface area contributed by atoms with E-state index in [0.717, 1.165) is 22.3 Å². The zero-order chi connectivity index (χ0) is 24.3. The van der Waals surface area contributed by atoms with Gasteiger partial charge in [0.25, 0.3) is 0 Å². The fraction of sp³-hybridized carbons (Fsp3) is 0.423. The van der Waals surface area contributed by atoms with Crippen molar-refractivity contribution in [2.75, 3.05) is 19.8 Å². The van der Waals surface area contributed by atoms with E-state index in [9.17, 15) is 19.5 Å². The Morgan fingerprint density at radius 3 is 2.29 bits per heavy atom. The molecule has 8 nitrogen and oxygen atoms in total. The lowest BCUT2D eigenvalue weighted by Gasteiger charge is -2.27. The van der Waals surface area contributed by atoms with Crippen LogP contribution in [-0.2, 0) is 19.1 Å². The third kappa shape index (κ3) is 4.63. The predicted molar refractivity (Wildman–Crippen MR) is 125 cm³/mol. The number of alkyl carbamates (subject to hydrolysis) is 1. The number of carbonyl (C=O) groups is 3. The van der Waals surface area contributed by atoms with Crippen molar-refractivity contribution in [3.63, 3.8) is 0 Å². The number of aliphatic carboxylic acids is 1. The van der Waals surface area contributed by atoms with E-state index in [1.165, 1.54) is 6.92 Å². The third-order valence-corrected chi connectivity index (χ3v) is 6.90. The molecule has 2 aromatic carbocycles. The average molecular weight is 467 g/mol. The molecule has 1 unspecified atom stereocenters. The summed E-state index contributed by atoms with van der Waals surface area (Å²) >= 11 is 0.